The third-order valence-electron chi connectivity index (χ3n) is 3.23. The van der Waals surface area contributed by atoms with E-state index in [-0.39, 0.29) is 17.1 Å². The molecular weight excluding hydrogens is 336 g/mol. The van der Waals surface area contributed by atoms with Gasteiger partial charge in [-0.3, -0.25) is 4.79 Å². The molecule has 1 amide bonds. The molecule has 0 aliphatic heterocycles. The first-order valence-corrected chi connectivity index (χ1v) is 7.62. The van der Waals surface area contributed by atoms with Crippen LogP contribution in [0.5, 0.6) is 11.5 Å². The molecule has 6 nitrogen and oxygen atoms in total. The van der Waals surface area contributed by atoms with Gasteiger partial charge in [0.2, 0.25) is 0 Å². The van der Waals surface area contributed by atoms with E-state index >= 15 is 0 Å². The molecule has 0 fully saturated rings. The van der Waals surface area contributed by atoms with Gasteiger partial charge < -0.3 is 23.9 Å². The summed E-state index contributed by atoms with van der Waals surface area (Å²) >= 11 is 0. The van der Waals surface area contributed by atoms with E-state index in [1.165, 1.54) is 25.3 Å². The highest BCUT2D eigenvalue weighted by molar-refractivity contribution is 5.97. The Labute approximate surface area is 143 Å². The number of hydrogen-bond acceptors (Lipinski definition) is 5. The smallest absolute Gasteiger partial charge is 0.387 e. The molecule has 2 rings (SSSR count). The minimum absolute atomic E-state index is 0.0175. The van der Waals surface area contributed by atoms with Crippen molar-refractivity contribution in [3.8, 4) is 11.5 Å². The predicted molar refractivity (Wildman–Crippen MR) is 84.9 cm³/mol. The molecule has 0 aliphatic carbocycles. The monoisotopic (exact) mass is 355 g/mol. The average Bonchev–Trinajstić information content (AvgIpc) is 3.10. The number of carbonyl (C=O) groups excluding carboxylic acids is 1. The molecular formula is C17H19F2NO5. The first-order chi connectivity index (χ1) is 12.1. The number of methoxy groups -OCH3 is 1. The van der Waals surface area contributed by atoms with Crippen LogP contribution in [-0.2, 0) is 11.3 Å². The van der Waals surface area contributed by atoms with E-state index in [1.807, 2.05) is 0 Å². The Morgan fingerprint density at radius 3 is 2.80 bits per heavy atom. The molecule has 0 saturated heterocycles. The highest BCUT2D eigenvalue weighted by Gasteiger charge is 2.19. The lowest BCUT2D eigenvalue weighted by Gasteiger charge is -2.14. The van der Waals surface area contributed by atoms with Crippen molar-refractivity contribution in [3.63, 3.8) is 0 Å². The van der Waals surface area contributed by atoms with Gasteiger partial charge in [0.05, 0.1) is 18.9 Å². The van der Waals surface area contributed by atoms with Gasteiger partial charge in [-0.15, -0.1) is 0 Å². The van der Waals surface area contributed by atoms with Crippen LogP contribution in [0.1, 0.15) is 22.5 Å². The molecule has 0 unspecified atom stereocenters. The molecule has 1 aromatic carbocycles. The van der Waals surface area contributed by atoms with Crippen molar-refractivity contribution < 1.29 is 32.2 Å². The Hall–Kier alpha value is -2.61. The van der Waals surface area contributed by atoms with Gasteiger partial charge >= 0.3 is 6.61 Å². The summed E-state index contributed by atoms with van der Waals surface area (Å²) in [6, 6.07) is 7.93. The molecule has 8 heteroatoms. The van der Waals surface area contributed by atoms with Gasteiger partial charge in [-0.1, -0.05) is 6.07 Å². The van der Waals surface area contributed by atoms with Crippen molar-refractivity contribution in [3.05, 3.63) is 47.9 Å². The summed E-state index contributed by atoms with van der Waals surface area (Å²) in [5, 5.41) is 2.63. The number of carbonyl (C=O) groups is 1. The van der Waals surface area contributed by atoms with Gasteiger partial charge in [-0.2, -0.15) is 8.78 Å². The van der Waals surface area contributed by atoms with E-state index < -0.39 is 12.5 Å². The zero-order valence-electron chi connectivity index (χ0n) is 13.7. The molecule has 136 valence electrons. The fourth-order valence-corrected chi connectivity index (χ4v) is 2.10. The molecule has 1 N–H and O–H groups in total. The lowest BCUT2D eigenvalue weighted by Crippen LogP contribution is -2.26. The fraction of sp³-hybridized carbons (Fsp3) is 0.353. The van der Waals surface area contributed by atoms with Crippen LogP contribution in [0.2, 0.25) is 0 Å². The van der Waals surface area contributed by atoms with Crippen molar-refractivity contribution in [1.29, 1.82) is 0 Å². The van der Waals surface area contributed by atoms with Crippen LogP contribution in [0.15, 0.2) is 41.0 Å². The normalized spacial score (nSPS) is 10.7. The van der Waals surface area contributed by atoms with Gasteiger partial charge in [-0.05, 0) is 30.7 Å². The highest BCUT2D eigenvalue weighted by atomic mass is 19.3. The zero-order valence-corrected chi connectivity index (χ0v) is 13.7. The Balaban J connectivity index is 1.81. The van der Waals surface area contributed by atoms with E-state index in [4.69, 9.17) is 13.9 Å². The maximum atomic E-state index is 12.6. The molecule has 1 heterocycles. The number of ether oxygens (including phenoxy) is 3. The molecule has 0 saturated carbocycles. The van der Waals surface area contributed by atoms with Crippen LogP contribution in [0.25, 0.3) is 0 Å². The summed E-state index contributed by atoms with van der Waals surface area (Å²) in [6.45, 7) is -1.97. The third kappa shape index (κ3) is 5.75. The highest BCUT2D eigenvalue weighted by Crippen LogP contribution is 2.32. The van der Waals surface area contributed by atoms with Gasteiger partial charge in [0.1, 0.15) is 12.4 Å². The third-order valence-corrected chi connectivity index (χ3v) is 3.23. The topological polar surface area (TPSA) is 69.9 Å². The summed E-state index contributed by atoms with van der Waals surface area (Å²) in [4.78, 5) is 12.2. The Bertz CT molecular complexity index is 661. The van der Waals surface area contributed by atoms with E-state index in [1.54, 1.807) is 18.4 Å². The number of halogens is 2. The van der Waals surface area contributed by atoms with E-state index in [9.17, 15) is 13.6 Å². The minimum Gasteiger partial charge on any atom is -0.493 e. The lowest BCUT2D eigenvalue weighted by atomic mass is 10.1. The number of amides is 1. The molecule has 0 spiro atoms. The van der Waals surface area contributed by atoms with Gasteiger partial charge in [0.15, 0.2) is 11.5 Å². The summed E-state index contributed by atoms with van der Waals surface area (Å²) < 4.78 is 45.0. The molecule has 0 aliphatic rings. The van der Waals surface area contributed by atoms with Crippen molar-refractivity contribution >= 4 is 5.91 Å². The second kappa shape index (κ2) is 9.63. The lowest BCUT2D eigenvalue weighted by molar-refractivity contribution is -0.0515. The van der Waals surface area contributed by atoms with Crippen LogP contribution in [0.3, 0.4) is 0 Å². The van der Waals surface area contributed by atoms with E-state index in [0.717, 1.165) is 0 Å². The number of furan rings is 1. The molecule has 0 radical (unpaired) electrons. The number of para-hydroxylation sites is 1. The van der Waals surface area contributed by atoms with Crippen molar-refractivity contribution in [1.82, 2.24) is 5.32 Å². The van der Waals surface area contributed by atoms with Crippen LogP contribution in [-0.4, -0.2) is 32.8 Å². The van der Waals surface area contributed by atoms with Gasteiger partial charge in [0.25, 0.3) is 5.91 Å². The Morgan fingerprint density at radius 2 is 2.12 bits per heavy atom. The number of rotatable bonds is 10. The maximum Gasteiger partial charge on any atom is 0.387 e. The van der Waals surface area contributed by atoms with Gasteiger partial charge in [0, 0.05) is 13.2 Å². The Kier molecular flexibility index (Phi) is 7.21. The number of benzene rings is 1. The first kappa shape index (κ1) is 18.7. The van der Waals surface area contributed by atoms with Crippen molar-refractivity contribution in [2.24, 2.45) is 0 Å². The fourth-order valence-electron chi connectivity index (χ4n) is 2.10. The molecule has 1 aromatic heterocycles. The van der Waals surface area contributed by atoms with Crippen molar-refractivity contribution in [2.75, 3.05) is 20.3 Å². The molecule has 2 aromatic rings. The summed E-state index contributed by atoms with van der Waals surface area (Å²) in [6.07, 6.45) is 2.12. The summed E-state index contributed by atoms with van der Waals surface area (Å²) in [7, 11) is 1.31. The number of nitrogens with one attached hydrogen (secondary N) is 1. The molecule has 0 atom stereocenters. The molecule has 25 heavy (non-hydrogen) atoms. The van der Waals surface area contributed by atoms with Gasteiger partial charge in [-0.25, -0.2) is 0 Å². The van der Waals surface area contributed by atoms with Crippen LogP contribution < -0.4 is 14.8 Å². The second-order valence-corrected chi connectivity index (χ2v) is 4.96. The standard InChI is InChI=1S/C17H19F2NO5/c1-22-14-7-2-6-13(15(14)25-17(18)19)16(21)20-8-4-9-23-11-12-5-3-10-24-12/h2-3,5-7,10,17H,4,8-9,11H2,1H3,(H,20,21). The second-order valence-electron chi connectivity index (χ2n) is 4.96. The van der Waals surface area contributed by atoms with Crippen LogP contribution >= 0.6 is 0 Å². The summed E-state index contributed by atoms with van der Waals surface area (Å²) in [5.74, 6) is -0.0314. The number of alkyl halides is 2. The zero-order chi connectivity index (χ0) is 18.1. The van der Waals surface area contributed by atoms with Crippen LogP contribution in [0, 0.1) is 0 Å². The number of hydrogen-bond donors (Lipinski definition) is 1. The van der Waals surface area contributed by atoms with Crippen LogP contribution in [0.4, 0.5) is 8.78 Å². The van der Waals surface area contributed by atoms with Crippen molar-refractivity contribution in [2.45, 2.75) is 19.6 Å². The average molecular weight is 355 g/mol. The summed E-state index contributed by atoms with van der Waals surface area (Å²) in [5.41, 5.74) is -0.0175. The van der Waals surface area contributed by atoms with E-state index in [0.29, 0.717) is 31.9 Å². The molecule has 0 bridgehead atoms. The Morgan fingerprint density at radius 1 is 1.28 bits per heavy atom. The SMILES string of the molecule is COc1cccc(C(=O)NCCCOCc2ccco2)c1OC(F)F. The maximum absolute atomic E-state index is 12.6. The predicted octanol–water partition coefficient (Wildman–Crippen LogP) is 3.23. The van der Waals surface area contributed by atoms with E-state index in [2.05, 4.69) is 10.1 Å². The quantitative estimate of drug-likeness (QED) is 0.663. The largest absolute Gasteiger partial charge is 0.493 e. The first-order valence-electron chi connectivity index (χ1n) is 7.62. The minimum atomic E-state index is -3.06.